The average molecular weight is 430 g/mol. The van der Waals surface area contributed by atoms with Gasteiger partial charge in [0.05, 0.1) is 12.3 Å². The largest absolute Gasteiger partial charge is 0.491 e. The number of hydrogen-bond donors (Lipinski definition) is 2. The Hall–Kier alpha value is -2.79. The zero-order chi connectivity index (χ0) is 21.8. The quantitative estimate of drug-likeness (QED) is 0.322. The van der Waals surface area contributed by atoms with Crippen molar-refractivity contribution in [3.05, 3.63) is 64.7 Å². The first-order chi connectivity index (χ1) is 14.5. The topological polar surface area (TPSA) is 75.6 Å². The lowest BCUT2D eigenvalue weighted by Gasteiger charge is -2.12. The summed E-state index contributed by atoms with van der Waals surface area (Å²) in [5.41, 5.74) is 2.69. The van der Waals surface area contributed by atoms with Gasteiger partial charge in [0.25, 0.3) is 0 Å². The molecule has 0 bridgehead atoms. The van der Waals surface area contributed by atoms with Crippen LogP contribution in [0.25, 0.3) is 6.08 Å². The van der Waals surface area contributed by atoms with Gasteiger partial charge in [-0.25, -0.2) is 0 Å². The van der Waals surface area contributed by atoms with Gasteiger partial charge >= 0.3 is 5.97 Å². The number of amides is 1. The molecule has 0 heterocycles. The number of halogens is 1. The molecule has 6 heteroatoms. The molecule has 0 aliphatic carbocycles. The lowest BCUT2D eigenvalue weighted by molar-refractivity contribution is -0.137. The molecule has 0 aliphatic heterocycles. The molecule has 1 amide bonds. The Kier molecular flexibility index (Phi) is 9.95. The molecule has 0 fully saturated rings. The number of aryl methyl sites for hydroxylation is 1. The highest BCUT2D eigenvalue weighted by atomic mass is 35.5. The second kappa shape index (κ2) is 12.7. The Morgan fingerprint density at radius 1 is 1.10 bits per heavy atom. The predicted molar refractivity (Wildman–Crippen MR) is 121 cm³/mol. The van der Waals surface area contributed by atoms with E-state index in [2.05, 4.69) is 24.4 Å². The summed E-state index contributed by atoms with van der Waals surface area (Å²) in [6.45, 7) is 2.42. The van der Waals surface area contributed by atoms with Crippen LogP contribution >= 0.6 is 11.6 Å². The molecule has 0 saturated carbocycles. The number of unbranched alkanes of at least 4 members (excludes halogenated alkanes) is 2. The monoisotopic (exact) mass is 429 g/mol. The molecule has 30 heavy (non-hydrogen) atoms. The van der Waals surface area contributed by atoms with Crippen LogP contribution in [-0.2, 0) is 16.0 Å². The maximum atomic E-state index is 12.3. The fraction of sp³-hybridized carbons (Fsp3) is 0.333. The molecule has 2 N–H and O–H groups in total. The van der Waals surface area contributed by atoms with Crippen molar-refractivity contribution in [3.8, 4) is 5.75 Å². The second-order valence-corrected chi connectivity index (χ2v) is 7.44. The molecule has 2 aromatic rings. The van der Waals surface area contributed by atoms with Crippen molar-refractivity contribution >= 4 is 35.2 Å². The molecule has 0 aromatic heterocycles. The van der Waals surface area contributed by atoms with E-state index in [0.717, 1.165) is 12.0 Å². The van der Waals surface area contributed by atoms with Gasteiger partial charge in [0.1, 0.15) is 5.75 Å². The average Bonchev–Trinajstić information content (AvgIpc) is 2.72. The molecule has 0 spiro atoms. The van der Waals surface area contributed by atoms with Crippen molar-refractivity contribution in [2.45, 2.75) is 45.4 Å². The summed E-state index contributed by atoms with van der Waals surface area (Å²) < 4.78 is 5.60. The van der Waals surface area contributed by atoms with Crippen LogP contribution in [0, 0.1) is 0 Å². The number of aliphatic carboxylic acids is 1. The van der Waals surface area contributed by atoms with E-state index < -0.39 is 5.97 Å². The molecule has 0 atom stereocenters. The van der Waals surface area contributed by atoms with Crippen LogP contribution in [0.15, 0.2) is 48.5 Å². The highest BCUT2D eigenvalue weighted by Gasteiger charge is 2.08. The maximum Gasteiger partial charge on any atom is 0.303 e. The van der Waals surface area contributed by atoms with Crippen molar-refractivity contribution in [1.29, 1.82) is 0 Å². The van der Waals surface area contributed by atoms with Crippen LogP contribution in [0.3, 0.4) is 0 Å². The molecule has 5 nitrogen and oxygen atoms in total. The molecule has 2 rings (SSSR count). The van der Waals surface area contributed by atoms with Gasteiger partial charge in [-0.1, -0.05) is 55.6 Å². The van der Waals surface area contributed by atoms with Crippen LogP contribution in [0.4, 0.5) is 5.69 Å². The van der Waals surface area contributed by atoms with Gasteiger partial charge in [0, 0.05) is 17.5 Å². The van der Waals surface area contributed by atoms with Gasteiger partial charge < -0.3 is 15.2 Å². The Balaban J connectivity index is 1.93. The van der Waals surface area contributed by atoms with E-state index in [-0.39, 0.29) is 18.9 Å². The summed E-state index contributed by atoms with van der Waals surface area (Å²) in [6.07, 6.45) is 8.31. The first-order valence-electron chi connectivity index (χ1n) is 10.2. The highest BCUT2D eigenvalue weighted by molar-refractivity contribution is 6.31. The number of benzene rings is 2. The van der Waals surface area contributed by atoms with E-state index in [0.29, 0.717) is 22.9 Å². The van der Waals surface area contributed by atoms with Crippen LogP contribution in [-0.4, -0.2) is 23.6 Å². The van der Waals surface area contributed by atoms with Gasteiger partial charge in [-0.05, 0) is 54.7 Å². The van der Waals surface area contributed by atoms with E-state index >= 15 is 0 Å². The van der Waals surface area contributed by atoms with Crippen molar-refractivity contribution in [3.63, 3.8) is 0 Å². The molecular weight excluding hydrogens is 402 g/mol. The zero-order valence-corrected chi connectivity index (χ0v) is 18.0. The SMILES string of the molecule is CCCCCc1ccc(C=CC(=O)Nc2cc(Cl)ccc2OCCCC(=O)O)cc1. The summed E-state index contributed by atoms with van der Waals surface area (Å²) in [7, 11) is 0. The van der Waals surface area contributed by atoms with E-state index in [1.807, 2.05) is 12.1 Å². The maximum absolute atomic E-state index is 12.3. The number of ether oxygens (including phenoxy) is 1. The summed E-state index contributed by atoms with van der Waals surface area (Å²) in [5, 5.41) is 11.9. The third-order valence-electron chi connectivity index (χ3n) is 4.47. The Bertz CT molecular complexity index is 862. The Labute approximate surface area is 182 Å². The summed E-state index contributed by atoms with van der Waals surface area (Å²) >= 11 is 6.03. The number of carboxylic acids is 1. The Morgan fingerprint density at radius 2 is 1.87 bits per heavy atom. The van der Waals surface area contributed by atoms with Crippen LogP contribution in [0.2, 0.25) is 5.02 Å². The van der Waals surface area contributed by atoms with Gasteiger partial charge in [-0.2, -0.15) is 0 Å². The van der Waals surface area contributed by atoms with Crippen LogP contribution < -0.4 is 10.1 Å². The molecule has 0 radical (unpaired) electrons. The minimum absolute atomic E-state index is 0.0232. The lowest BCUT2D eigenvalue weighted by atomic mass is 10.1. The first-order valence-corrected chi connectivity index (χ1v) is 10.6. The summed E-state index contributed by atoms with van der Waals surface area (Å²) in [4.78, 5) is 22.9. The molecular formula is C24H28ClNO4. The number of carbonyl (C=O) groups excluding carboxylic acids is 1. The number of hydrogen-bond acceptors (Lipinski definition) is 3. The van der Waals surface area contributed by atoms with Crippen molar-refractivity contribution < 1.29 is 19.4 Å². The fourth-order valence-corrected chi connectivity index (χ4v) is 3.02. The number of carbonyl (C=O) groups is 2. The Morgan fingerprint density at radius 3 is 2.57 bits per heavy atom. The molecule has 0 unspecified atom stereocenters. The predicted octanol–water partition coefficient (Wildman–Crippen LogP) is 5.97. The number of rotatable bonds is 12. The van der Waals surface area contributed by atoms with Gasteiger partial charge in [-0.3, -0.25) is 9.59 Å². The molecule has 160 valence electrons. The van der Waals surface area contributed by atoms with Gasteiger partial charge in [0.15, 0.2) is 0 Å². The van der Waals surface area contributed by atoms with Crippen LogP contribution in [0.5, 0.6) is 5.75 Å². The standard InChI is InChI=1S/C24H28ClNO4/c1-2-3-4-6-18-8-10-19(11-9-18)12-15-23(27)26-21-17-20(25)13-14-22(21)30-16-5-7-24(28)29/h8-15,17H,2-7,16H2,1H3,(H,26,27)(H,28,29). The smallest absolute Gasteiger partial charge is 0.303 e. The lowest BCUT2D eigenvalue weighted by Crippen LogP contribution is -2.10. The zero-order valence-electron chi connectivity index (χ0n) is 17.2. The normalized spacial score (nSPS) is 10.9. The number of anilines is 1. The number of nitrogens with one attached hydrogen (secondary N) is 1. The van der Waals surface area contributed by atoms with E-state index in [1.165, 1.54) is 30.9 Å². The van der Waals surface area contributed by atoms with Crippen molar-refractivity contribution in [2.75, 3.05) is 11.9 Å². The van der Waals surface area contributed by atoms with Gasteiger partial charge in [0.2, 0.25) is 5.91 Å². The third kappa shape index (κ3) is 8.70. The third-order valence-corrected chi connectivity index (χ3v) is 4.70. The van der Waals surface area contributed by atoms with E-state index in [9.17, 15) is 9.59 Å². The highest BCUT2D eigenvalue weighted by Crippen LogP contribution is 2.28. The second-order valence-electron chi connectivity index (χ2n) is 7.01. The molecule has 0 saturated heterocycles. The minimum Gasteiger partial charge on any atom is -0.491 e. The van der Waals surface area contributed by atoms with Gasteiger partial charge in [-0.15, -0.1) is 0 Å². The first kappa shape index (κ1) is 23.5. The summed E-state index contributed by atoms with van der Waals surface area (Å²) in [5.74, 6) is -0.731. The van der Waals surface area contributed by atoms with Crippen LogP contribution in [0.1, 0.15) is 50.2 Å². The van der Waals surface area contributed by atoms with E-state index in [1.54, 1.807) is 24.3 Å². The molecule has 2 aromatic carbocycles. The van der Waals surface area contributed by atoms with Crippen molar-refractivity contribution in [2.24, 2.45) is 0 Å². The summed E-state index contributed by atoms with van der Waals surface area (Å²) in [6, 6.07) is 13.1. The molecule has 0 aliphatic rings. The van der Waals surface area contributed by atoms with Crippen molar-refractivity contribution in [1.82, 2.24) is 0 Å². The van der Waals surface area contributed by atoms with E-state index in [4.69, 9.17) is 21.4 Å². The minimum atomic E-state index is -0.873. The fourth-order valence-electron chi connectivity index (χ4n) is 2.85. The number of carboxylic acid groups (broad SMARTS) is 1.